The second kappa shape index (κ2) is 4.59. The van der Waals surface area contributed by atoms with Gasteiger partial charge in [0.2, 0.25) is 0 Å². The Kier molecular flexibility index (Phi) is 3.24. The van der Waals surface area contributed by atoms with E-state index in [9.17, 15) is 9.50 Å². The Bertz CT molecular complexity index is 697. The van der Waals surface area contributed by atoms with Crippen molar-refractivity contribution in [2.45, 2.75) is 33.1 Å². The number of benzene rings is 2. The summed E-state index contributed by atoms with van der Waals surface area (Å²) in [5.74, 6) is 5.47. The van der Waals surface area contributed by atoms with Crippen molar-refractivity contribution in [3.8, 4) is 17.6 Å². The van der Waals surface area contributed by atoms with Gasteiger partial charge in [-0.2, -0.15) is 0 Å². The Labute approximate surface area is 113 Å². The molecule has 0 bridgehead atoms. The first-order chi connectivity index (χ1) is 8.84. The third-order valence-electron chi connectivity index (χ3n) is 3.11. The summed E-state index contributed by atoms with van der Waals surface area (Å²) in [5, 5.41) is 11.4. The zero-order chi connectivity index (χ0) is 14.2. The Morgan fingerprint density at radius 2 is 1.84 bits per heavy atom. The van der Waals surface area contributed by atoms with Gasteiger partial charge in [0.15, 0.2) is 0 Å². The molecule has 0 heterocycles. The van der Waals surface area contributed by atoms with Crippen molar-refractivity contribution in [2.24, 2.45) is 0 Å². The van der Waals surface area contributed by atoms with Crippen LogP contribution in [0.4, 0.5) is 4.39 Å². The van der Waals surface area contributed by atoms with Gasteiger partial charge in [-0.3, -0.25) is 0 Å². The molecule has 0 radical (unpaired) electrons. The molecule has 0 saturated carbocycles. The normalized spacial score (nSPS) is 11.2. The zero-order valence-corrected chi connectivity index (χ0v) is 11.6. The average molecular weight is 256 g/mol. The minimum Gasteiger partial charge on any atom is -0.508 e. The van der Waals surface area contributed by atoms with Crippen molar-refractivity contribution in [1.82, 2.24) is 0 Å². The molecule has 0 unspecified atom stereocenters. The van der Waals surface area contributed by atoms with Crippen LogP contribution in [0.5, 0.6) is 5.75 Å². The maximum atomic E-state index is 14.0. The van der Waals surface area contributed by atoms with Crippen LogP contribution in [0.15, 0.2) is 24.3 Å². The smallest absolute Gasteiger partial charge is 0.139 e. The van der Waals surface area contributed by atoms with E-state index in [-0.39, 0.29) is 17.0 Å². The molecule has 1 N–H and O–H groups in total. The minimum atomic E-state index is -0.321. The van der Waals surface area contributed by atoms with E-state index in [1.165, 1.54) is 6.07 Å². The Morgan fingerprint density at radius 3 is 2.42 bits per heavy atom. The number of rotatable bonds is 0. The predicted octanol–water partition coefficient (Wildman–Crippen LogP) is 4.35. The number of aromatic hydroxyl groups is 1. The van der Waals surface area contributed by atoms with Crippen LogP contribution in [0, 0.1) is 17.7 Å². The molecular weight excluding hydrogens is 239 g/mol. The highest BCUT2D eigenvalue weighted by molar-refractivity contribution is 5.93. The maximum Gasteiger partial charge on any atom is 0.139 e. The second-order valence-corrected chi connectivity index (χ2v) is 5.64. The zero-order valence-electron chi connectivity index (χ0n) is 11.6. The molecule has 0 aromatic heterocycles. The summed E-state index contributed by atoms with van der Waals surface area (Å²) in [6.45, 7) is 7.80. The predicted molar refractivity (Wildman–Crippen MR) is 76.8 cm³/mol. The molecule has 19 heavy (non-hydrogen) atoms. The van der Waals surface area contributed by atoms with E-state index in [1.54, 1.807) is 25.1 Å². The van der Waals surface area contributed by atoms with Crippen molar-refractivity contribution in [3.63, 3.8) is 0 Å². The summed E-state index contributed by atoms with van der Waals surface area (Å²) >= 11 is 0. The lowest BCUT2D eigenvalue weighted by atomic mass is 9.82. The summed E-state index contributed by atoms with van der Waals surface area (Å²) in [6, 6.07) is 6.42. The lowest BCUT2D eigenvalue weighted by Gasteiger charge is -2.22. The number of halogens is 1. The first-order valence-corrected chi connectivity index (χ1v) is 6.23. The van der Waals surface area contributed by atoms with Gasteiger partial charge >= 0.3 is 0 Å². The molecule has 1 nitrogen and oxygen atoms in total. The van der Waals surface area contributed by atoms with E-state index in [2.05, 4.69) is 11.8 Å². The number of hydrogen-bond acceptors (Lipinski definition) is 1. The van der Waals surface area contributed by atoms with E-state index in [0.29, 0.717) is 5.56 Å². The average Bonchev–Trinajstić information content (AvgIpc) is 2.31. The molecule has 0 spiro atoms. The van der Waals surface area contributed by atoms with Crippen molar-refractivity contribution < 1.29 is 9.50 Å². The molecule has 0 aliphatic carbocycles. The van der Waals surface area contributed by atoms with E-state index < -0.39 is 0 Å². The van der Waals surface area contributed by atoms with Gasteiger partial charge < -0.3 is 5.11 Å². The fourth-order valence-electron chi connectivity index (χ4n) is 2.26. The van der Waals surface area contributed by atoms with Gasteiger partial charge in [-0.25, -0.2) is 4.39 Å². The molecule has 0 amide bonds. The van der Waals surface area contributed by atoms with Crippen LogP contribution in [-0.2, 0) is 5.41 Å². The molecular formula is C17H17FO. The van der Waals surface area contributed by atoms with Crippen molar-refractivity contribution >= 4 is 10.8 Å². The van der Waals surface area contributed by atoms with Gasteiger partial charge in [-0.05, 0) is 41.5 Å². The number of phenols is 1. The highest BCUT2D eigenvalue weighted by atomic mass is 19.1. The number of fused-ring (bicyclic) bond motifs is 1. The van der Waals surface area contributed by atoms with Crippen molar-refractivity contribution in [3.05, 3.63) is 41.2 Å². The van der Waals surface area contributed by atoms with E-state index in [1.807, 2.05) is 20.8 Å². The Morgan fingerprint density at radius 1 is 1.16 bits per heavy atom. The van der Waals surface area contributed by atoms with Gasteiger partial charge in [-0.15, -0.1) is 5.92 Å². The topological polar surface area (TPSA) is 20.2 Å². The molecule has 0 atom stereocenters. The first kappa shape index (κ1) is 13.4. The summed E-state index contributed by atoms with van der Waals surface area (Å²) in [5.41, 5.74) is 1.11. The number of hydrogen-bond donors (Lipinski definition) is 1. The molecule has 0 fully saturated rings. The fraction of sp³-hybridized carbons (Fsp3) is 0.294. The maximum absolute atomic E-state index is 14.0. The molecule has 0 saturated heterocycles. The number of phenolic OH excluding ortho intramolecular Hbond substituents is 1. The van der Waals surface area contributed by atoms with Gasteiger partial charge in [-0.1, -0.05) is 32.8 Å². The summed E-state index contributed by atoms with van der Waals surface area (Å²) in [6.07, 6.45) is 0. The third-order valence-corrected chi connectivity index (χ3v) is 3.11. The highest BCUT2D eigenvalue weighted by Crippen LogP contribution is 2.36. The molecule has 98 valence electrons. The summed E-state index contributed by atoms with van der Waals surface area (Å²) in [7, 11) is 0. The highest BCUT2D eigenvalue weighted by Gasteiger charge is 2.21. The summed E-state index contributed by atoms with van der Waals surface area (Å²) < 4.78 is 14.0. The van der Waals surface area contributed by atoms with Gasteiger partial charge in [0.1, 0.15) is 11.6 Å². The molecule has 2 heteroatoms. The van der Waals surface area contributed by atoms with Crippen LogP contribution < -0.4 is 0 Å². The van der Waals surface area contributed by atoms with Crippen LogP contribution in [0.25, 0.3) is 10.8 Å². The van der Waals surface area contributed by atoms with Crippen molar-refractivity contribution in [1.29, 1.82) is 0 Å². The van der Waals surface area contributed by atoms with Crippen LogP contribution >= 0.6 is 0 Å². The molecule has 2 rings (SSSR count). The third kappa shape index (κ3) is 2.42. The van der Waals surface area contributed by atoms with Crippen LogP contribution in [0.1, 0.15) is 38.8 Å². The van der Waals surface area contributed by atoms with Crippen LogP contribution in [0.2, 0.25) is 0 Å². The van der Waals surface area contributed by atoms with Crippen LogP contribution in [-0.4, -0.2) is 5.11 Å². The fourth-order valence-corrected chi connectivity index (χ4v) is 2.26. The standard InChI is InChI=1S/C17H17FO/c1-5-6-13-15(18)8-7-11-9-12(19)10-14(16(11)13)17(2,3)4/h7-10,19H,1-4H3. The second-order valence-electron chi connectivity index (χ2n) is 5.64. The van der Waals surface area contributed by atoms with E-state index in [0.717, 1.165) is 16.3 Å². The SMILES string of the molecule is CC#Cc1c(F)ccc2cc(O)cc(C(C)(C)C)c12. The molecule has 0 aliphatic rings. The van der Waals surface area contributed by atoms with Crippen molar-refractivity contribution in [2.75, 3.05) is 0 Å². The quantitative estimate of drug-likeness (QED) is 0.695. The summed E-state index contributed by atoms with van der Waals surface area (Å²) in [4.78, 5) is 0. The first-order valence-electron chi connectivity index (χ1n) is 6.23. The lowest BCUT2D eigenvalue weighted by Crippen LogP contribution is -2.12. The molecule has 0 aliphatic heterocycles. The minimum absolute atomic E-state index is 0.194. The lowest BCUT2D eigenvalue weighted by molar-refractivity contribution is 0.472. The monoisotopic (exact) mass is 256 g/mol. The van der Waals surface area contributed by atoms with E-state index >= 15 is 0 Å². The van der Waals surface area contributed by atoms with Gasteiger partial charge in [0, 0.05) is 5.39 Å². The van der Waals surface area contributed by atoms with Crippen LogP contribution in [0.3, 0.4) is 0 Å². The van der Waals surface area contributed by atoms with Gasteiger partial charge in [0.05, 0.1) is 5.56 Å². The van der Waals surface area contributed by atoms with E-state index in [4.69, 9.17) is 0 Å². The Balaban J connectivity index is 3.01. The Hall–Kier alpha value is -2.01. The molecule has 2 aromatic rings. The largest absolute Gasteiger partial charge is 0.508 e. The molecule has 2 aromatic carbocycles. The van der Waals surface area contributed by atoms with Gasteiger partial charge in [0.25, 0.3) is 0 Å².